The van der Waals surface area contributed by atoms with Crippen molar-refractivity contribution in [1.82, 2.24) is 15.3 Å². The van der Waals surface area contributed by atoms with Gasteiger partial charge in [-0.15, -0.1) is 0 Å². The third-order valence-electron chi connectivity index (χ3n) is 3.53. The normalized spacial score (nSPS) is 20.6. The maximum atomic E-state index is 4.58. The number of anilines is 1. The van der Waals surface area contributed by atoms with E-state index in [0.717, 1.165) is 24.7 Å². The van der Waals surface area contributed by atoms with Gasteiger partial charge < -0.3 is 10.2 Å². The zero-order valence-corrected chi connectivity index (χ0v) is 12.6. The Bertz CT molecular complexity index is 411. The second-order valence-electron chi connectivity index (χ2n) is 6.47. The van der Waals surface area contributed by atoms with Crippen molar-refractivity contribution in [1.29, 1.82) is 0 Å². The molecule has 1 unspecified atom stereocenters. The van der Waals surface area contributed by atoms with Crippen LogP contribution in [0.15, 0.2) is 12.3 Å². The van der Waals surface area contributed by atoms with Crippen LogP contribution in [0.5, 0.6) is 0 Å². The Labute approximate surface area is 116 Å². The second-order valence-corrected chi connectivity index (χ2v) is 6.47. The summed E-state index contributed by atoms with van der Waals surface area (Å²) in [6, 6.07) is 2.46. The smallest absolute Gasteiger partial charge is 0.225 e. The zero-order chi connectivity index (χ0) is 13.9. The van der Waals surface area contributed by atoms with E-state index in [2.05, 4.69) is 41.0 Å². The lowest BCUT2D eigenvalue weighted by molar-refractivity contribution is 0.364. The van der Waals surface area contributed by atoms with Gasteiger partial charge in [0, 0.05) is 36.6 Å². The van der Waals surface area contributed by atoms with Crippen LogP contribution in [0.2, 0.25) is 0 Å². The summed E-state index contributed by atoms with van der Waals surface area (Å²) in [4.78, 5) is 11.4. The summed E-state index contributed by atoms with van der Waals surface area (Å²) in [7, 11) is 0. The van der Waals surface area contributed by atoms with Gasteiger partial charge in [-0.1, -0.05) is 0 Å². The average molecular weight is 262 g/mol. The van der Waals surface area contributed by atoms with Crippen LogP contribution >= 0.6 is 0 Å². The highest BCUT2D eigenvalue weighted by molar-refractivity contribution is 5.33. The Kier molecular flexibility index (Phi) is 4.40. The molecule has 1 N–H and O–H groups in total. The van der Waals surface area contributed by atoms with E-state index in [-0.39, 0.29) is 5.54 Å². The number of aromatic nitrogens is 2. The third-order valence-corrected chi connectivity index (χ3v) is 3.53. The van der Waals surface area contributed by atoms with E-state index in [0.29, 0.717) is 6.04 Å². The fourth-order valence-electron chi connectivity index (χ4n) is 2.47. The first kappa shape index (κ1) is 14.3. The van der Waals surface area contributed by atoms with E-state index in [1.807, 2.05) is 19.2 Å². The quantitative estimate of drug-likeness (QED) is 0.909. The molecular weight excluding hydrogens is 236 g/mol. The summed E-state index contributed by atoms with van der Waals surface area (Å²) in [6.45, 7) is 10.7. The van der Waals surface area contributed by atoms with Crippen LogP contribution < -0.4 is 10.2 Å². The van der Waals surface area contributed by atoms with Crippen LogP contribution in [0, 0.1) is 6.92 Å². The monoisotopic (exact) mass is 262 g/mol. The second kappa shape index (κ2) is 5.87. The van der Waals surface area contributed by atoms with Crippen molar-refractivity contribution in [3.8, 4) is 0 Å². The minimum Gasteiger partial charge on any atom is -0.337 e. The molecule has 106 valence electrons. The van der Waals surface area contributed by atoms with Gasteiger partial charge in [-0.3, -0.25) is 0 Å². The number of hydrogen-bond donors (Lipinski definition) is 1. The molecule has 1 aromatic rings. The molecule has 0 radical (unpaired) electrons. The van der Waals surface area contributed by atoms with Gasteiger partial charge in [0.25, 0.3) is 0 Å². The zero-order valence-electron chi connectivity index (χ0n) is 12.6. The first-order valence-electron chi connectivity index (χ1n) is 7.27. The number of nitrogens with zero attached hydrogens (tertiary/aromatic N) is 3. The van der Waals surface area contributed by atoms with Crippen LogP contribution in [-0.4, -0.2) is 34.6 Å². The average Bonchev–Trinajstić information content (AvgIpc) is 2.36. The Morgan fingerprint density at radius 3 is 2.84 bits per heavy atom. The van der Waals surface area contributed by atoms with Crippen LogP contribution in [-0.2, 0) is 0 Å². The van der Waals surface area contributed by atoms with Gasteiger partial charge in [-0.05, 0) is 53.0 Å². The lowest BCUT2D eigenvalue weighted by Gasteiger charge is -2.37. The lowest BCUT2D eigenvalue weighted by atomic mass is 10.0. The predicted molar refractivity (Wildman–Crippen MR) is 79.5 cm³/mol. The highest BCUT2D eigenvalue weighted by atomic mass is 15.3. The number of aryl methyl sites for hydroxylation is 1. The molecule has 1 saturated heterocycles. The molecule has 0 bridgehead atoms. The van der Waals surface area contributed by atoms with E-state index < -0.39 is 0 Å². The number of piperidine rings is 1. The molecule has 1 aliphatic heterocycles. The van der Waals surface area contributed by atoms with Crippen molar-refractivity contribution in [2.45, 2.75) is 58.5 Å². The van der Waals surface area contributed by atoms with E-state index >= 15 is 0 Å². The van der Waals surface area contributed by atoms with Crippen LogP contribution in [0.3, 0.4) is 0 Å². The summed E-state index contributed by atoms with van der Waals surface area (Å²) >= 11 is 0. The van der Waals surface area contributed by atoms with E-state index in [1.54, 1.807) is 0 Å². The molecule has 0 aromatic carbocycles. The molecule has 4 nitrogen and oxygen atoms in total. The summed E-state index contributed by atoms with van der Waals surface area (Å²) < 4.78 is 0. The minimum absolute atomic E-state index is 0.163. The molecule has 0 spiro atoms. The highest BCUT2D eigenvalue weighted by Crippen LogP contribution is 2.21. The molecule has 0 amide bonds. The fraction of sp³-hybridized carbons (Fsp3) is 0.733. The SMILES string of the molecule is Cc1ccnc(N2CCCCC2CNC(C)(C)C)n1. The van der Waals surface area contributed by atoms with Crippen molar-refractivity contribution in [2.75, 3.05) is 18.0 Å². The first-order chi connectivity index (χ1) is 8.96. The summed E-state index contributed by atoms with van der Waals surface area (Å²) in [5, 5.41) is 3.61. The first-order valence-corrected chi connectivity index (χ1v) is 7.27. The molecular formula is C15H26N4. The Hall–Kier alpha value is -1.16. The summed E-state index contributed by atoms with van der Waals surface area (Å²) in [5.74, 6) is 0.889. The predicted octanol–water partition coefficient (Wildman–Crippen LogP) is 2.53. The summed E-state index contributed by atoms with van der Waals surface area (Å²) in [6.07, 6.45) is 5.63. The molecule has 2 rings (SSSR count). The van der Waals surface area contributed by atoms with Crippen LogP contribution in [0.1, 0.15) is 45.7 Å². The van der Waals surface area contributed by atoms with Gasteiger partial charge in [-0.25, -0.2) is 9.97 Å². The summed E-state index contributed by atoms with van der Waals surface area (Å²) in [5.41, 5.74) is 1.20. The standard InChI is InChI=1S/C15H26N4/c1-12-8-9-16-14(18-12)19-10-6-5-7-13(19)11-17-15(2,3)4/h8-9,13,17H,5-7,10-11H2,1-4H3. The third kappa shape index (κ3) is 4.16. The van der Waals surface area contributed by atoms with Crippen molar-refractivity contribution < 1.29 is 0 Å². The van der Waals surface area contributed by atoms with Gasteiger partial charge in [0.05, 0.1) is 0 Å². The maximum absolute atomic E-state index is 4.58. The molecule has 1 aliphatic rings. The van der Waals surface area contributed by atoms with Crippen LogP contribution in [0.4, 0.5) is 5.95 Å². The van der Waals surface area contributed by atoms with Crippen molar-refractivity contribution in [3.63, 3.8) is 0 Å². The molecule has 1 fully saturated rings. The topological polar surface area (TPSA) is 41.1 Å². The van der Waals surface area contributed by atoms with E-state index in [9.17, 15) is 0 Å². The largest absolute Gasteiger partial charge is 0.337 e. The van der Waals surface area contributed by atoms with Gasteiger partial charge in [0.2, 0.25) is 5.95 Å². The molecule has 19 heavy (non-hydrogen) atoms. The molecule has 1 atom stereocenters. The van der Waals surface area contributed by atoms with Gasteiger partial charge in [0.15, 0.2) is 0 Å². The molecule has 0 saturated carbocycles. The molecule has 2 heterocycles. The van der Waals surface area contributed by atoms with E-state index in [4.69, 9.17) is 0 Å². The maximum Gasteiger partial charge on any atom is 0.225 e. The van der Waals surface area contributed by atoms with Gasteiger partial charge in [0.1, 0.15) is 0 Å². The van der Waals surface area contributed by atoms with Crippen molar-refractivity contribution >= 4 is 5.95 Å². The molecule has 0 aliphatic carbocycles. The number of hydrogen-bond acceptors (Lipinski definition) is 4. The Morgan fingerprint density at radius 1 is 1.37 bits per heavy atom. The van der Waals surface area contributed by atoms with Crippen molar-refractivity contribution in [2.24, 2.45) is 0 Å². The Morgan fingerprint density at radius 2 is 2.16 bits per heavy atom. The Balaban J connectivity index is 2.07. The lowest BCUT2D eigenvalue weighted by Crippen LogP contribution is -2.50. The van der Waals surface area contributed by atoms with Gasteiger partial charge in [-0.2, -0.15) is 0 Å². The number of rotatable bonds is 3. The van der Waals surface area contributed by atoms with E-state index in [1.165, 1.54) is 19.3 Å². The van der Waals surface area contributed by atoms with Gasteiger partial charge >= 0.3 is 0 Å². The van der Waals surface area contributed by atoms with Crippen molar-refractivity contribution in [3.05, 3.63) is 18.0 Å². The molecule has 4 heteroatoms. The highest BCUT2D eigenvalue weighted by Gasteiger charge is 2.25. The minimum atomic E-state index is 0.163. The molecule has 1 aromatic heterocycles. The van der Waals surface area contributed by atoms with Crippen LogP contribution in [0.25, 0.3) is 0 Å². The number of nitrogens with one attached hydrogen (secondary N) is 1. The fourth-order valence-corrected chi connectivity index (χ4v) is 2.47.